The molecule has 0 radical (unpaired) electrons. The van der Waals surface area contributed by atoms with Crippen LogP contribution in [0.3, 0.4) is 0 Å². The van der Waals surface area contributed by atoms with Crippen molar-refractivity contribution in [2.45, 2.75) is 9.79 Å². The average Bonchev–Trinajstić information content (AvgIpc) is 2.50. The van der Waals surface area contributed by atoms with E-state index in [-0.39, 0.29) is 5.75 Å². The van der Waals surface area contributed by atoms with Crippen LogP contribution in [0.1, 0.15) is 0 Å². The van der Waals surface area contributed by atoms with Crippen LogP contribution < -0.4 is 4.74 Å². The first-order chi connectivity index (χ1) is 10.6. The third-order valence-corrected chi connectivity index (χ3v) is 5.34. The van der Waals surface area contributed by atoms with Gasteiger partial charge in [0, 0.05) is 0 Å². The van der Waals surface area contributed by atoms with E-state index in [2.05, 4.69) is 20.7 Å². The molecule has 2 aromatic carbocycles. The summed E-state index contributed by atoms with van der Waals surface area (Å²) >= 11 is 2.30. The van der Waals surface area contributed by atoms with Gasteiger partial charge in [-0.25, -0.2) is 30.4 Å². The molecule has 0 atom stereocenters. The van der Waals surface area contributed by atoms with Crippen LogP contribution in [0.2, 0.25) is 0 Å². The molecule has 0 bridgehead atoms. The Morgan fingerprint density at radius 1 is 0.957 bits per heavy atom. The molecular formula is C13H6BrF5O3S. The quantitative estimate of drug-likeness (QED) is 0.329. The minimum atomic E-state index is -4.99. The molecule has 0 aliphatic heterocycles. The lowest BCUT2D eigenvalue weighted by molar-refractivity contribution is 0.385. The minimum absolute atomic E-state index is 0.309. The standard InChI is InChI=1S/C13H6BrF5O3S/c1-22-7-3-2-5(4-6(7)15)23(20,21)13-10(17)8(14)9(16)11(18)12(13)19/h2-4H,1H3. The first-order valence-corrected chi connectivity index (χ1v) is 8.00. The number of methoxy groups -OCH3 is 1. The zero-order valence-corrected chi connectivity index (χ0v) is 13.5. The molecule has 0 amide bonds. The molecule has 2 rings (SSSR count). The molecule has 23 heavy (non-hydrogen) atoms. The molecule has 10 heteroatoms. The van der Waals surface area contributed by atoms with Gasteiger partial charge in [-0.2, -0.15) is 0 Å². The average molecular weight is 417 g/mol. The number of sulfone groups is 1. The van der Waals surface area contributed by atoms with Gasteiger partial charge in [0.15, 0.2) is 34.8 Å². The van der Waals surface area contributed by atoms with Crippen LogP contribution in [0.25, 0.3) is 0 Å². The smallest absolute Gasteiger partial charge is 0.212 e. The third-order valence-electron chi connectivity index (χ3n) is 2.87. The number of rotatable bonds is 3. The van der Waals surface area contributed by atoms with Crippen molar-refractivity contribution in [2.75, 3.05) is 7.11 Å². The number of hydrogen-bond donors (Lipinski definition) is 0. The Hall–Kier alpha value is -1.68. The highest BCUT2D eigenvalue weighted by Gasteiger charge is 2.33. The van der Waals surface area contributed by atoms with E-state index in [1.807, 2.05) is 0 Å². The van der Waals surface area contributed by atoms with Crippen LogP contribution in [-0.2, 0) is 9.84 Å². The Labute approximate surface area is 135 Å². The summed E-state index contributed by atoms with van der Waals surface area (Å²) in [7, 11) is -3.87. The monoisotopic (exact) mass is 416 g/mol. The summed E-state index contributed by atoms with van der Waals surface area (Å²) in [4.78, 5) is -2.58. The summed E-state index contributed by atoms with van der Waals surface area (Å²) in [6.07, 6.45) is 0. The second kappa shape index (κ2) is 6.08. The van der Waals surface area contributed by atoms with Gasteiger partial charge in [-0.05, 0) is 34.1 Å². The highest BCUT2D eigenvalue weighted by molar-refractivity contribution is 9.10. The maximum Gasteiger partial charge on any atom is 0.212 e. The lowest BCUT2D eigenvalue weighted by Crippen LogP contribution is -2.12. The largest absolute Gasteiger partial charge is 0.494 e. The normalized spacial score (nSPS) is 11.6. The fraction of sp³-hybridized carbons (Fsp3) is 0.0769. The van der Waals surface area contributed by atoms with E-state index in [9.17, 15) is 30.4 Å². The summed E-state index contributed by atoms with van der Waals surface area (Å²) < 4.78 is 95.8. The molecule has 0 saturated carbocycles. The van der Waals surface area contributed by atoms with Crippen molar-refractivity contribution < 1.29 is 35.1 Å². The van der Waals surface area contributed by atoms with E-state index in [0.29, 0.717) is 6.07 Å². The van der Waals surface area contributed by atoms with Crippen molar-refractivity contribution >= 4 is 25.8 Å². The zero-order valence-electron chi connectivity index (χ0n) is 11.1. The van der Waals surface area contributed by atoms with E-state index < -0.39 is 53.2 Å². The first-order valence-electron chi connectivity index (χ1n) is 5.73. The molecule has 0 aliphatic rings. The fourth-order valence-electron chi connectivity index (χ4n) is 1.75. The Kier molecular flexibility index (Phi) is 4.67. The molecule has 0 saturated heterocycles. The van der Waals surface area contributed by atoms with Crippen LogP contribution in [0.5, 0.6) is 5.75 Å². The van der Waals surface area contributed by atoms with Crippen molar-refractivity contribution in [3.05, 3.63) is 51.8 Å². The van der Waals surface area contributed by atoms with E-state index >= 15 is 0 Å². The van der Waals surface area contributed by atoms with Crippen molar-refractivity contribution in [1.29, 1.82) is 0 Å². The SMILES string of the molecule is COc1ccc(S(=O)(=O)c2c(F)c(F)c(F)c(Br)c2F)cc1F. The highest BCUT2D eigenvalue weighted by atomic mass is 79.9. The zero-order chi connectivity index (χ0) is 17.5. The van der Waals surface area contributed by atoms with E-state index in [0.717, 1.165) is 19.2 Å². The molecule has 0 N–H and O–H groups in total. The summed E-state index contributed by atoms with van der Waals surface area (Å²) in [5, 5.41) is 0. The van der Waals surface area contributed by atoms with Crippen molar-refractivity contribution in [1.82, 2.24) is 0 Å². The maximum absolute atomic E-state index is 13.9. The van der Waals surface area contributed by atoms with Gasteiger partial charge in [-0.1, -0.05) is 0 Å². The molecule has 124 valence electrons. The van der Waals surface area contributed by atoms with Crippen LogP contribution in [0.4, 0.5) is 22.0 Å². The van der Waals surface area contributed by atoms with E-state index in [1.165, 1.54) is 0 Å². The third kappa shape index (κ3) is 2.80. The molecule has 0 unspecified atom stereocenters. The van der Waals surface area contributed by atoms with Crippen molar-refractivity contribution in [3.8, 4) is 5.75 Å². The Morgan fingerprint density at radius 3 is 2.09 bits per heavy atom. The Bertz CT molecular complexity index is 870. The predicted molar refractivity (Wildman–Crippen MR) is 72.4 cm³/mol. The number of ether oxygens (including phenoxy) is 1. The fourth-order valence-corrected chi connectivity index (χ4v) is 3.66. The summed E-state index contributed by atoms with van der Waals surface area (Å²) in [5.41, 5.74) is 0. The predicted octanol–water partition coefficient (Wildman–Crippen LogP) is 3.99. The van der Waals surface area contributed by atoms with E-state index in [1.54, 1.807) is 0 Å². The molecule has 3 nitrogen and oxygen atoms in total. The molecule has 0 fully saturated rings. The molecule has 0 aromatic heterocycles. The highest BCUT2D eigenvalue weighted by Crippen LogP contribution is 2.35. The van der Waals surface area contributed by atoms with Crippen molar-refractivity contribution in [2.24, 2.45) is 0 Å². The summed E-state index contributed by atoms with van der Waals surface area (Å²) in [6.45, 7) is 0. The van der Waals surface area contributed by atoms with Gasteiger partial charge in [0.1, 0.15) is 4.90 Å². The van der Waals surface area contributed by atoms with Gasteiger partial charge in [0.05, 0.1) is 16.5 Å². The molecular weight excluding hydrogens is 411 g/mol. The van der Waals surface area contributed by atoms with Crippen LogP contribution in [-0.4, -0.2) is 15.5 Å². The second-order valence-corrected chi connectivity index (χ2v) is 6.88. The molecule has 0 spiro atoms. The maximum atomic E-state index is 13.9. The lowest BCUT2D eigenvalue weighted by Gasteiger charge is -2.11. The van der Waals surface area contributed by atoms with Crippen LogP contribution in [0, 0.1) is 29.1 Å². The number of hydrogen-bond acceptors (Lipinski definition) is 3. The Morgan fingerprint density at radius 2 is 1.57 bits per heavy atom. The molecule has 0 heterocycles. The van der Waals surface area contributed by atoms with Gasteiger partial charge in [-0.3, -0.25) is 0 Å². The number of benzene rings is 2. The Balaban J connectivity index is 2.78. The molecule has 2 aromatic rings. The number of halogens is 6. The van der Waals surface area contributed by atoms with Crippen LogP contribution >= 0.6 is 15.9 Å². The van der Waals surface area contributed by atoms with Gasteiger partial charge >= 0.3 is 0 Å². The van der Waals surface area contributed by atoms with E-state index in [4.69, 9.17) is 0 Å². The summed E-state index contributed by atoms with van der Waals surface area (Å²) in [5.74, 6) is -9.62. The molecule has 0 aliphatic carbocycles. The minimum Gasteiger partial charge on any atom is -0.494 e. The van der Waals surface area contributed by atoms with Crippen molar-refractivity contribution in [3.63, 3.8) is 0 Å². The lowest BCUT2D eigenvalue weighted by atomic mass is 10.3. The van der Waals surface area contributed by atoms with Gasteiger partial charge in [0.25, 0.3) is 0 Å². The second-order valence-electron chi connectivity index (χ2n) is 4.20. The van der Waals surface area contributed by atoms with Gasteiger partial charge in [-0.15, -0.1) is 0 Å². The van der Waals surface area contributed by atoms with Crippen LogP contribution in [0.15, 0.2) is 32.5 Å². The topological polar surface area (TPSA) is 43.4 Å². The van der Waals surface area contributed by atoms with Gasteiger partial charge in [0.2, 0.25) is 9.84 Å². The van der Waals surface area contributed by atoms with Gasteiger partial charge < -0.3 is 4.74 Å². The first kappa shape index (κ1) is 17.7. The summed E-state index contributed by atoms with van der Waals surface area (Å²) in [6, 6.07) is 2.17.